The van der Waals surface area contributed by atoms with E-state index in [-0.39, 0.29) is 83.1 Å². The number of nitrogens with one attached hydrogen (secondary N) is 2. The van der Waals surface area contributed by atoms with E-state index in [0.717, 1.165) is 12.8 Å². The van der Waals surface area contributed by atoms with Crippen molar-refractivity contribution in [3.8, 4) is 0 Å². The summed E-state index contributed by atoms with van der Waals surface area (Å²) in [5, 5.41) is 16.9. The van der Waals surface area contributed by atoms with Gasteiger partial charge in [0.15, 0.2) is 0 Å². The Morgan fingerprint density at radius 2 is 1.54 bits per heavy atom. The Labute approximate surface area is 429 Å². The van der Waals surface area contributed by atoms with Crippen LogP contribution in [-0.4, -0.2) is 161 Å². The van der Waals surface area contributed by atoms with Gasteiger partial charge in [-0.25, -0.2) is 0 Å². The fraction of sp³-hybridized carbons (Fsp3) is 0.759. The lowest BCUT2D eigenvalue weighted by Gasteiger charge is -2.41. The summed E-state index contributed by atoms with van der Waals surface area (Å²) in [6, 6.07) is 5.80. The van der Waals surface area contributed by atoms with Crippen LogP contribution in [0.5, 0.6) is 0 Å². The summed E-state index contributed by atoms with van der Waals surface area (Å²) in [6.07, 6.45) is 4.62. The second kappa shape index (κ2) is 28.4. The van der Waals surface area contributed by atoms with Gasteiger partial charge in [-0.1, -0.05) is 98.6 Å². The molecular weight excluding hydrogens is 925 g/mol. The summed E-state index contributed by atoms with van der Waals surface area (Å²) in [6.45, 7) is 19.8. The van der Waals surface area contributed by atoms with Crippen molar-refractivity contribution in [3.05, 3.63) is 35.9 Å². The Kier molecular flexibility index (Phi) is 24.5. The molecule has 0 aromatic heterocycles. The van der Waals surface area contributed by atoms with Gasteiger partial charge in [0.05, 0.1) is 54.7 Å². The Bertz CT molecular complexity index is 1920. The van der Waals surface area contributed by atoms with E-state index in [4.69, 9.17) is 9.47 Å². The molecule has 3 N–H and O–H groups in total. The SMILES string of the molecule is CC[C@H](C)[C@@H]([C@@H](CC(=O)N1CCCC1[C@H](OC)[C@@H](C)C(=O)N[C@H](C)[C@@H](O)c1ccccc1)OC)N(C)C(=O)[C@@H](NC(=O)[C@H](C(C)C)N(C)C(=O)CCCCCN1C(=O)CC(C(C)(CC)SC)C1=O)C(C)C. The topological polar surface area (TPSA) is 195 Å². The maximum absolute atomic E-state index is 14.7. The van der Waals surface area contributed by atoms with Crippen molar-refractivity contribution >= 4 is 53.1 Å². The minimum atomic E-state index is -0.951. The number of benzene rings is 1. The van der Waals surface area contributed by atoms with Gasteiger partial charge in [-0.3, -0.25) is 38.5 Å². The predicted molar refractivity (Wildman–Crippen MR) is 279 cm³/mol. The van der Waals surface area contributed by atoms with Crippen molar-refractivity contribution in [1.29, 1.82) is 0 Å². The van der Waals surface area contributed by atoms with Crippen LogP contribution in [-0.2, 0) is 43.0 Å². The third-order valence-corrected chi connectivity index (χ3v) is 17.1. The molecule has 0 saturated carbocycles. The van der Waals surface area contributed by atoms with Gasteiger partial charge in [-0.05, 0) is 75.5 Å². The van der Waals surface area contributed by atoms with Crippen LogP contribution in [0.15, 0.2) is 30.3 Å². The maximum atomic E-state index is 14.7. The lowest BCUT2D eigenvalue weighted by molar-refractivity contribution is -0.148. The third kappa shape index (κ3) is 15.5. The van der Waals surface area contributed by atoms with Gasteiger partial charge < -0.3 is 39.9 Å². The zero-order valence-electron chi connectivity index (χ0n) is 45.7. The molecule has 7 amide bonds. The Balaban J connectivity index is 1.68. The van der Waals surface area contributed by atoms with E-state index < -0.39 is 60.3 Å². The van der Waals surface area contributed by atoms with E-state index in [9.17, 15) is 38.7 Å². The van der Waals surface area contributed by atoms with Gasteiger partial charge in [-0.15, -0.1) is 0 Å². The van der Waals surface area contributed by atoms with Gasteiger partial charge in [0.1, 0.15) is 12.1 Å². The van der Waals surface area contributed by atoms with Crippen molar-refractivity contribution < 1.29 is 48.1 Å². The fourth-order valence-electron chi connectivity index (χ4n) is 10.6. The predicted octanol–water partition coefficient (Wildman–Crippen LogP) is 6.24. The van der Waals surface area contributed by atoms with Crippen LogP contribution in [0.3, 0.4) is 0 Å². The van der Waals surface area contributed by atoms with Gasteiger partial charge in [0.2, 0.25) is 41.4 Å². The molecular formula is C54H90N6O10S. The van der Waals surface area contributed by atoms with Gasteiger partial charge in [0.25, 0.3) is 0 Å². The number of thioether (sulfide) groups is 1. The Hall–Kier alpha value is -4.06. The maximum Gasteiger partial charge on any atom is 0.245 e. The average molecular weight is 1020 g/mol. The zero-order chi connectivity index (χ0) is 53.5. The summed E-state index contributed by atoms with van der Waals surface area (Å²) in [5.74, 6) is -3.46. The molecule has 17 heteroatoms. The molecule has 0 spiro atoms. The second-order valence-corrected chi connectivity index (χ2v) is 22.3. The molecule has 0 bridgehead atoms. The number of amides is 7. The molecule has 16 nitrogen and oxygen atoms in total. The minimum Gasteiger partial charge on any atom is -0.386 e. The molecule has 3 rings (SSSR count). The van der Waals surface area contributed by atoms with Crippen LogP contribution in [0, 0.1) is 29.6 Å². The molecule has 3 unspecified atom stereocenters. The first-order chi connectivity index (χ1) is 33.5. The number of imide groups is 1. The third-order valence-electron chi connectivity index (χ3n) is 15.6. The summed E-state index contributed by atoms with van der Waals surface area (Å²) in [7, 11) is 6.36. The lowest BCUT2D eigenvalue weighted by Crippen LogP contribution is -2.60. The number of carbonyl (C=O) groups excluding carboxylic acids is 7. The molecule has 71 heavy (non-hydrogen) atoms. The average Bonchev–Trinajstić information content (AvgIpc) is 3.95. The first kappa shape index (κ1) is 61.2. The van der Waals surface area contributed by atoms with Crippen LogP contribution in [0.4, 0.5) is 0 Å². The number of carbonyl (C=O) groups is 7. The van der Waals surface area contributed by atoms with Crippen molar-refractivity contribution in [2.24, 2.45) is 29.6 Å². The highest BCUT2D eigenvalue weighted by Crippen LogP contribution is 2.41. The molecule has 2 aliphatic rings. The standard InChI is InChI=1S/C54H90N6O10S/c1-16-35(7)47(41(69-13)32-44(63)59-30-24-27-40(59)49(70-14)36(8)50(65)55-37(9)48(64)38-25-20-18-21-26-38)58(12)53(68)45(33(3)4)56-51(66)46(34(5)6)57(11)42(61)28-22-19-23-29-60-43(62)31-39(52(60)67)54(10,17-2)71-15/h18,20-21,25-26,33-37,39-41,45-49,64H,16-17,19,22-24,27-32H2,1-15H3,(H,55,65)(H,56,66)/t35-,36+,37+,39?,40?,41+,45-,46-,47-,48+,49+,54?/m0/s1. The van der Waals surface area contributed by atoms with E-state index in [1.54, 1.807) is 61.6 Å². The summed E-state index contributed by atoms with van der Waals surface area (Å²) in [5.41, 5.74) is 0.689. The van der Waals surface area contributed by atoms with Crippen LogP contribution >= 0.6 is 11.8 Å². The molecule has 12 atom stereocenters. The van der Waals surface area contributed by atoms with Gasteiger partial charge >= 0.3 is 0 Å². The summed E-state index contributed by atoms with van der Waals surface area (Å²) >= 11 is 1.62. The van der Waals surface area contributed by atoms with Crippen LogP contribution in [0.25, 0.3) is 0 Å². The number of likely N-dealkylation sites (tertiary alicyclic amines) is 2. The molecule has 0 aliphatic carbocycles. The Morgan fingerprint density at radius 1 is 0.887 bits per heavy atom. The number of ether oxygens (including phenoxy) is 2. The van der Waals surface area contributed by atoms with Crippen LogP contribution in [0.1, 0.15) is 145 Å². The molecule has 2 fully saturated rings. The number of unbranched alkanes of at least 4 members (excludes halogenated alkanes) is 2. The molecule has 0 radical (unpaired) electrons. The highest BCUT2D eigenvalue weighted by molar-refractivity contribution is 8.00. The number of methoxy groups -OCH3 is 2. The second-order valence-electron chi connectivity index (χ2n) is 21.0. The van der Waals surface area contributed by atoms with Crippen molar-refractivity contribution in [2.75, 3.05) is 47.7 Å². The van der Waals surface area contributed by atoms with Gasteiger partial charge in [0, 0.05) is 59.0 Å². The zero-order valence-corrected chi connectivity index (χ0v) is 46.5. The normalized spacial score (nSPS) is 20.9. The van der Waals surface area contributed by atoms with Crippen LogP contribution < -0.4 is 10.6 Å². The van der Waals surface area contributed by atoms with Crippen molar-refractivity contribution in [3.63, 3.8) is 0 Å². The van der Waals surface area contributed by atoms with E-state index in [1.165, 1.54) is 24.0 Å². The number of hydrogen-bond donors (Lipinski definition) is 3. The number of rotatable bonds is 29. The monoisotopic (exact) mass is 1010 g/mol. The first-order valence-electron chi connectivity index (χ1n) is 26.1. The Morgan fingerprint density at radius 3 is 2.08 bits per heavy atom. The molecule has 2 heterocycles. The number of aliphatic hydroxyl groups is 1. The lowest BCUT2D eigenvalue weighted by atomic mass is 9.89. The number of nitrogens with zero attached hydrogens (tertiary/aromatic N) is 4. The summed E-state index contributed by atoms with van der Waals surface area (Å²) in [4.78, 5) is 103. The van der Waals surface area contributed by atoms with E-state index >= 15 is 0 Å². The molecule has 1 aromatic carbocycles. The first-order valence-corrected chi connectivity index (χ1v) is 27.3. The van der Waals surface area contributed by atoms with E-state index in [0.29, 0.717) is 50.8 Å². The molecule has 402 valence electrons. The molecule has 2 aliphatic heterocycles. The smallest absolute Gasteiger partial charge is 0.245 e. The quantitative estimate of drug-likeness (QED) is 0.0608. The minimum absolute atomic E-state index is 0.0381. The van der Waals surface area contributed by atoms with Crippen LogP contribution in [0.2, 0.25) is 0 Å². The fourth-order valence-corrected chi connectivity index (χ4v) is 11.3. The largest absolute Gasteiger partial charge is 0.386 e. The molecule has 1 aromatic rings. The van der Waals surface area contributed by atoms with E-state index in [1.807, 2.05) is 79.8 Å². The number of hydrogen-bond acceptors (Lipinski definition) is 11. The number of likely N-dealkylation sites (N-methyl/N-ethyl adjacent to an activating group) is 2. The summed E-state index contributed by atoms with van der Waals surface area (Å²) < 4.78 is 11.7. The highest BCUT2D eigenvalue weighted by atomic mass is 32.2. The van der Waals surface area contributed by atoms with Crippen molar-refractivity contribution in [2.45, 2.75) is 187 Å². The van der Waals surface area contributed by atoms with Crippen molar-refractivity contribution in [1.82, 2.24) is 30.2 Å². The molecule has 2 saturated heterocycles. The highest BCUT2D eigenvalue weighted by Gasteiger charge is 2.48. The van der Waals surface area contributed by atoms with E-state index in [2.05, 4.69) is 10.6 Å². The number of aliphatic hydroxyl groups excluding tert-OH is 1. The van der Waals surface area contributed by atoms with Gasteiger partial charge in [-0.2, -0.15) is 11.8 Å².